The summed E-state index contributed by atoms with van der Waals surface area (Å²) in [4.78, 5) is 20.3. The molecule has 0 aromatic heterocycles. The Labute approximate surface area is 120 Å². The normalized spacial score (nSPS) is 11.4. The summed E-state index contributed by atoms with van der Waals surface area (Å²) in [6, 6.07) is 3.22. The molecule has 1 N–H and O–H groups in total. The van der Waals surface area contributed by atoms with Crippen LogP contribution in [0.1, 0.15) is 6.42 Å². The summed E-state index contributed by atoms with van der Waals surface area (Å²) in [5, 5.41) is 19.4. The molecule has 1 rings (SSSR count). The Morgan fingerprint density at radius 1 is 1.48 bits per heavy atom. The molecule has 0 aliphatic rings. The van der Waals surface area contributed by atoms with E-state index in [9.17, 15) is 23.3 Å². The predicted octanol–water partition coefficient (Wildman–Crippen LogP) is 0.699. The van der Waals surface area contributed by atoms with Gasteiger partial charge in [-0.2, -0.15) is 0 Å². The summed E-state index contributed by atoms with van der Waals surface area (Å²) in [6.07, 6.45) is -0.367. The first-order valence-electron chi connectivity index (χ1n) is 5.70. The van der Waals surface area contributed by atoms with E-state index in [4.69, 9.17) is 9.84 Å². The minimum atomic E-state index is -4.01. The first kappa shape index (κ1) is 16.9. The van der Waals surface area contributed by atoms with Gasteiger partial charge in [0.05, 0.1) is 23.3 Å². The maximum Gasteiger partial charge on any atom is 0.312 e. The lowest BCUT2D eigenvalue weighted by molar-refractivity contribution is -0.386. The number of sulfonamides is 1. The van der Waals surface area contributed by atoms with E-state index in [0.717, 1.165) is 10.4 Å². The number of hydrogen-bond acceptors (Lipinski definition) is 6. The van der Waals surface area contributed by atoms with E-state index in [1.54, 1.807) is 0 Å². The van der Waals surface area contributed by atoms with Crippen molar-refractivity contribution in [2.75, 3.05) is 20.7 Å². The Bertz CT molecular complexity index is 657. The molecule has 0 radical (unpaired) electrons. The molecular weight excluding hydrogens is 304 g/mol. The van der Waals surface area contributed by atoms with Crippen molar-refractivity contribution in [3.05, 3.63) is 28.3 Å². The molecule has 0 amide bonds. The maximum absolute atomic E-state index is 12.2. The van der Waals surface area contributed by atoms with Gasteiger partial charge in [0.15, 0.2) is 5.75 Å². The quantitative estimate of drug-likeness (QED) is 0.579. The monoisotopic (exact) mass is 318 g/mol. The van der Waals surface area contributed by atoms with E-state index in [0.29, 0.717) is 0 Å². The topological polar surface area (TPSA) is 127 Å². The Morgan fingerprint density at radius 3 is 2.57 bits per heavy atom. The summed E-state index contributed by atoms with van der Waals surface area (Å²) in [5.41, 5.74) is -0.481. The average Bonchev–Trinajstić information content (AvgIpc) is 2.43. The minimum absolute atomic E-state index is 0.0628. The molecule has 0 bridgehead atoms. The molecule has 10 heteroatoms. The third-order valence-corrected chi connectivity index (χ3v) is 4.55. The van der Waals surface area contributed by atoms with E-state index in [1.807, 2.05) is 0 Å². The van der Waals surface area contributed by atoms with Crippen molar-refractivity contribution in [1.82, 2.24) is 4.31 Å². The number of nitrogens with zero attached hydrogens (tertiary/aromatic N) is 2. The largest absolute Gasteiger partial charge is 0.490 e. The van der Waals surface area contributed by atoms with Crippen LogP contribution in [0.5, 0.6) is 5.75 Å². The molecule has 0 aliphatic carbocycles. The third kappa shape index (κ3) is 3.89. The Balaban J connectivity index is 3.17. The second kappa shape index (κ2) is 6.50. The van der Waals surface area contributed by atoms with E-state index >= 15 is 0 Å². The van der Waals surface area contributed by atoms with Gasteiger partial charge in [-0.15, -0.1) is 0 Å². The van der Waals surface area contributed by atoms with Gasteiger partial charge in [-0.1, -0.05) is 0 Å². The maximum atomic E-state index is 12.2. The molecule has 0 heterocycles. The zero-order valence-electron chi connectivity index (χ0n) is 11.3. The lowest BCUT2D eigenvalue weighted by Gasteiger charge is -2.16. The molecule has 0 aliphatic heterocycles. The molecule has 1 aromatic carbocycles. The highest BCUT2D eigenvalue weighted by Gasteiger charge is 2.25. The summed E-state index contributed by atoms with van der Waals surface area (Å²) in [6.45, 7) is -0.239. The molecule has 0 saturated carbocycles. The van der Waals surface area contributed by atoms with Crippen LogP contribution >= 0.6 is 0 Å². The van der Waals surface area contributed by atoms with Crippen LogP contribution in [0.2, 0.25) is 0 Å². The Kier molecular flexibility index (Phi) is 5.22. The van der Waals surface area contributed by atoms with Gasteiger partial charge >= 0.3 is 11.7 Å². The SMILES string of the molecule is COc1ccc(S(=O)(=O)N(C)CCC(=O)O)cc1[N+](=O)[O-]. The van der Waals surface area contributed by atoms with Crippen LogP contribution in [-0.4, -0.2) is 49.4 Å². The summed E-state index contributed by atoms with van der Waals surface area (Å²) < 4.78 is 30.0. The van der Waals surface area contributed by atoms with Gasteiger partial charge in [0.2, 0.25) is 10.0 Å². The number of nitro benzene ring substituents is 1. The second-order valence-electron chi connectivity index (χ2n) is 4.06. The predicted molar refractivity (Wildman–Crippen MR) is 71.7 cm³/mol. The third-order valence-electron chi connectivity index (χ3n) is 2.70. The van der Waals surface area contributed by atoms with Crippen molar-refractivity contribution < 1.29 is 28.0 Å². The van der Waals surface area contributed by atoms with Crippen molar-refractivity contribution >= 4 is 21.7 Å². The first-order valence-corrected chi connectivity index (χ1v) is 7.14. The van der Waals surface area contributed by atoms with Crippen molar-refractivity contribution in [2.24, 2.45) is 0 Å². The Morgan fingerprint density at radius 2 is 2.10 bits per heavy atom. The summed E-state index contributed by atoms with van der Waals surface area (Å²) in [7, 11) is -1.57. The number of carboxylic acid groups (broad SMARTS) is 1. The fraction of sp³-hybridized carbons (Fsp3) is 0.364. The van der Waals surface area contributed by atoms with Gasteiger partial charge < -0.3 is 9.84 Å². The van der Waals surface area contributed by atoms with Gasteiger partial charge in [0, 0.05) is 19.7 Å². The van der Waals surface area contributed by atoms with E-state index in [1.165, 1.54) is 26.3 Å². The van der Waals surface area contributed by atoms with E-state index in [-0.39, 0.29) is 23.6 Å². The minimum Gasteiger partial charge on any atom is -0.490 e. The van der Waals surface area contributed by atoms with Gasteiger partial charge in [-0.3, -0.25) is 14.9 Å². The number of hydrogen-bond donors (Lipinski definition) is 1. The van der Waals surface area contributed by atoms with Crippen molar-refractivity contribution in [1.29, 1.82) is 0 Å². The fourth-order valence-electron chi connectivity index (χ4n) is 1.53. The molecule has 0 unspecified atom stereocenters. The number of aliphatic carboxylic acids is 1. The van der Waals surface area contributed by atoms with Crippen molar-refractivity contribution in [3.8, 4) is 5.75 Å². The van der Waals surface area contributed by atoms with Crippen LogP contribution in [0, 0.1) is 10.1 Å². The standard InChI is InChI=1S/C11H14N2O7S/c1-12(6-5-11(14)15)21(18,19)8-3-4-10(20-2)9(7-8)13(16)17/h3-4,7H,5-6H2,1-2H3,(H,14,15). The van der Waals surface area contributed by atoms with E-state index in [2.05, 4.69) is 0 Å². The molecular formula is C11H14N2O7S. The van der Waals surface area contributed by atoms with Gasteiger partial charge in [0.25, 0.3) is 0 Å². The summed E-state index contributed by atoms with van der Waals surface area (Å²) in [5.74, 6) is -1.20. The zero-order chi connectivity index (χ0) is 16.2. The first-order chi connectivity index (χ1) is 9.70. The average molecular weight is 318 g/mol. The molecule has 116 valence electrons. The van der Waals surface area contributed by atoms with Crippen LogP contribution in [0.25, 0.3) is 0 Å². The molecule has 1 aromatic rings. The molecule has 0 fully saturated rings. The molecule has 21 heavy (non-hydrogen) atoms. The molecule has 0 spiro atoms. The number of rotatable bonds is 7. The molecule has 9 nitrogen and oxygen atoms in total. The highest BCUT2D eigenvalue weighted by atomic mass is 32.2. The number of ether oxygens (including phenoxy) is 1. The van der Waals surface area contributed by atoms with Crippen LogP contribution in [-0.2, 0) is 14.8 Å². The lowest BCUT2D eigenvalue weighted by atomic mass is 10.3. The lowest BCUT2D eigenvalue weighted by Crippen LogP contribution is -2.29. The number of methoxy groups -OCH3 is 1. The highest BCUT2D eigenvalue weighted by Crippen LogP contribution is 2.30. The molecule has 0 atom stereocenters. The van der Waals surface area contributed by atoms with Gasteiger partial charge in [-0.25, -0.2) is 12.7 Å². The van der Waals surface area contributed by atoms with Gasteiger partial charge in [0.1, 0.15) is 0 Å². The molecule has 0 saturated heterocycles. The number of carbonyl (C=O) groups is 1. The van der Waals surface area contributed by atoms with Crippen LogP contribution in [0.15, 0.2) is 23.1 Å². The van der Waals surface area contributed by atoms with Gasteiger partial charge in [-0.05, 0) is 12.1 Å². The Hall–Kier alpha value is -2.20. The number of carboxylic acids is 1. The van der Waals surface area contributed by atoms with Crippen LogP contribution < -0.4 is 4.74 Å². The zero-order valence-corrected chi connectivity index (χ0v) is 12.2. The second-order valence-corrected chi connectivity index (χ2v) is 6.11. The number of benzene rings is 1. The number of nitro groups is 1. The van der Waals surface area contributed by atoms with E-state index < -0.39 is 26.6 Å². The van der Waals surface area contributed by atoms with Crippen LogP contribution in [0.3, 0.4) is 0 Å². The van der Waals surface area contributed by atoms with Crippen molar-refractivity contribution in [3.63, 3.8) is 0 Å². The highest BCUT2D eigenvalue weighted by molar-refractivity contribution is 7.89. The summed E-state index contributed by atoms with van der Waals surface area (Å²) >= 11 is 0. The fourth-order valence-corrected chi connectivity index (χ4v) is 2.72. The smallest absolute Gasteiger partial charge is 0.312 e. The van der Waals surface area contributed by atoms with Crippen LogP contribution in [0.4, 0.5) is 5.69 Å². The van der Waals surface area contributed by atoms with Crippen molar-refractivity contribution in [2.45, 2.75) is 11.3 Å².